The van der Waals surface area contributed by atoms with Crippen molar-refractivity contribution in [3.8, 4) is 0 Å². The monoisotopic (exact) mass is 260 g/mol. The molecule has 0 saturated heterocycles. The highest BCUT2D eigenvalue weighted by molar-refractivity contribution is 7.99. The Balaban J connectivity index is 3.12. The number of benzene rings is 1. The molecule has 1 N–H and O–H groups in total. The Hall–Kier alpha value is -0.520. The van der Waals surface area contributed by atoms with Crippen LogP contribution in [0.2, 0.25) is 0 Å². The van der Waals surface area contributed by atoms with Crippen molar-refractivity contribution in [2.45, 2.75) is 22.6 Å². The quantitative estimate of drug-likeness (QED) is 0.819. The predicted octanol–water partition coefficient (Wildman–Crippen LogP) is 1.74. The van der Waals surface area contributed by atoms with Gasteiger partial charge < -0.3 is 5.11 Å². The van der Waals surface area contributed by atoms with Crippen LogP contribution in [0.25, 0.3) is 0 Å². The van der Waals surface area contributed by atoms with E-state index < -0.39 is 9.84 Å². The molecule has 5 heteroatoms. The zero-order valence-electron chi connectivity index (χ0n) is 9.43. The van der Waals surface area contributed by atoms with Gasteiger partial charge in [0.05, 0.1) is 4.90 Å². The Kier molecular flexibility index (Phi) is 4.83. The third kappa shape index (κ3) is 3.50. The second-order valence-electron chi connectivity index (χ2n) is 3.58. The van der Waals surface area contributed by atoms with E-state index in [-0.39, 0.29) is 6.61 Å². The fourth-order valence-electron chi connectivity index (χ4n) is 1.45. The highest BCUT2D eigenvalue weighted by Gasteiger charge is 2.13. The van der Waals surface area contributed by atoms with Crippen LogP contribution in [0.15, 0.2) is 28.0 Å². The molecular weight excluding hydrogens is 244 g/mol. The highest BCUT2D eigenvalue weighted by atomic mass is 32.2. The molecular formula is C11H16O3S2. The van der Waals surface area contributed by atoms with E-state index >= 15 is 0 Å². The van der Waals surface area contributed by atoms with Crippen molar-refractivity contribution >= 4 is 21.6 Å². The minimum atomic E-state index is -3.18. The maximum atomic E-state index is 11.6. The number of aryl methyl sites for hydroxylation is 1. The van der Waals surface area contributed by atoms with Gasteiger partial charge in [-0.05, 0) is 36.8 Å². The largest absolute Gasteiger partial charge is 0.396 e. The highest BCUT2D eigenvalue weighted by Crippen LogP contribution is 2.26. The first-order valence-corrected chi connectivity index (χ1v) is 8.08. The number of rotatable bonds is 5. The van der Waals surface area contributed by atoms with Gasteiger partial charge in [-0.2, -0.15) is 0 Å². The summed E-state index contributed by atoms with van der Waals surface area (Å²) in [6.45, 7) is 0.123. The van der Waals surface area contributed by atoms with Crippen LogP contribution in [-0.4, -0.2) is 32.6 Å². The maximum Gasteiger partial charge on any atom is 0.176 e. The van der Waals surface area contributed by atoms with Gasteiger partial charge in [0, 0.05) is 17.8 Å². The number of hydrogen-bond donors (Lipinski definition) is 1. The predicted molar refractivity (Wildman–Crippen MR) is 66.7 cm³/mol. The van der Waals surface area contributed by atoms with Gasteiger partial charge in [0.15, 0.2) is 9.84 Å². The fourth-order valence-corrected chi connectivity index (χ4v) is 3.42. The molecule has 0 aliphatic heterocycles. The molecule has 0 bridgehead atoms. The van der Waals surface area contributed by atoms with Crippen LogP contribution in [0.1, 0.15) is 12.0 Å². The van der Waals surface area contributed by atoms with E-state index in [0.717, 1.165) is 10.5 Å². The zero-order chi connectivity index (χ0) is 12.2. The SMILES string of the molecule is CSc1ccc(CCCO)cc1S(C)(=O)=O. The summed E-state index contributed by atoms with van der Waals surface area (Å²) < 4.78 is 23.2. The molecule has 1 aromatic carbocycles. The van der Waals surface area contributed by atoms with Gasteiger partial charge in [-0.1, -0.05) is 6.07 Å². The molecule has 0 unspecified atom stereocenters. The lowest BCUT2D eigenvalue weighted by molar-refractivity contribution is 0.288. The number of aliphatic hydroxyl groups excluding tert-OH is 1. The van der Waals surface area contributed by atoms with Crippen LogP contribution in [-0.2, 0) is 16.3 Å². The fraction of sp³-hybridized carbons (Fsp3) is 0.455. The Labute approximate surface area is 101 Å². The van der Waals surface area contributed by atoms with Gasteiger partial charge >= 0.3 is 0 Å². The van der Waals surface area contributed by atoms with Crippen molar-refractivity contribution in [2.24, 2.45) is 0 Å². The smallest absolute Gasteiger partial charge is 0.176 e. The Bertz CT molecular complexity index is 452. The molecule has 3 nitrogen and oxygen atoms in total. The van der Waals surface area contributed by atoms with E-state index in [9.17, 15) is 8.42 Å². The third-order valence-electron chi connectivity index (χ3n) is 2.25. The average molecular weight is 260 g/mol. The molecule has 0 atom stereocenters. The van der Waals surface area contributed by atoms with Crippen molar-refractivity contribution in [1.82, 2.24) is 0 Å². The van der Waals surface area contributed by atoms with Gasteiger partial charge in [-0.3, -0.25) is 0 Å². The van der Waals surface area contributed by atoms with Gasteiger partial charge in [0.2, 0.25) is 0 Å². The molecule has 0 aliphatic carbocycles. The summed E-state index contributed by atoms with van der Waals surface area (Å²) in [7, 11) is -3.18. The molecule has 0 spiro atoms. The van der Waals surface area contributed by atoms with Crippen LogP contribution < -0.4 is 0 Å². The van der Waals surface area contributed by atoms with Gasteiger partial charge in [0.1, 0.15) is 0 Å². The van der Waals surface area contributed by atoms with Crippen LogP contribution in [0.3, 0.4) is 0 Å². The molecule has 0 aromatic heterocycles. The van der Waals surface area contributed by atoms with Gasteiger partial charge in [-0.25, -0.2) is 8.42 Å². The molecule has 1 rings (SSSR count). The van der Waals surface area contributed by atoms with Crippen LogP contribution in [0.5, 0.6) is 0 Å². The van der Waals surface area contributed by atoms with E-state index in [1.54, 1.807) is 6.07 Å². The minimum absolute atomic E-state index is 0.123. The molecule has 0 fully saturated rings. The van der Waals surface area contributed by atoms with Crippen LogP contribution in [0.4, 0.5) is 0 Å². The van der Waals surface area contributed by atoms with Gasteiger partial charge in [0.25, 0.3) is 0 Å². The van der Waals surface area contributed by atoms with Crippen LogP contribution in [0, 0.1) is 0 Å². The first kappa shape index (κ1) is 13.5. The van der Waals surface area contributed by atoms with Crippen molar-refractivity contribution in [1.29, 1.82) is 0 Å². The lowest BCUT2D eigenvalue weighted by Crippen LogP contribution is -2.01. The molecule has 0 saturated carbocycles. The number of sulfone groups is 1. The summed E-state index contributed by atoms with van der Waals surface area (Å²) >= 11 is 1.43. The normalized spacial score (nSPS) is 11.7. The van der Waals surface area contributed by atoms with E-state index in [2.05, 4.69) is 0 Å². The molecule has 16 heavy (non-hydrogen) atoms. The first-order chi connectivity index (χ1) is 7.49. The zero-order valence-corrected chi connectivity index (χ0v) is 11.1. The molecule has 0 heterocycles. The second kappa shape index (κ2) is 5.70. The Morgan fingerprint density at radius 2 is 2.06 bits per heavy atom. The van der Waals surface area contributed by atoms with Crippen molar-refractivity contribution in [2.75, 3.05) is 19.1 Å². The Morgan fingerprint density at radius 3 is 2.56 bits per heavy atom. The standard InChI is InChI=1S/C11H16O3S2/c1-15-10-6-5-9(4-3-7-12)8-11(10)16(2,13)14/h5-6,8,12H,3-4,7H2,1-2H3. The third-order valence-corrected chi connectivity index (χ3v) is 4.31. The summed E-state index contributed by atoms with van der Waals surface area (Å²) in [6.07, 6.45) is 4.44. The first-order valence-electron chi connectivity index (χ1n) is 4.97. The molecule has 0 aliphatic rings. The summed E-state index contributed by atoms with van der Waals surface area (Å²) in [5.74, 6) is 0. The average Bonchev–Trinajstić information content (AvgIpc) is 2.24. The van der Waals surface area contributed by atoms with Crippen molar-refractivity contribution in [3.63, 3.8) is 0 Å². The molecule has 90 valence electrons. The number of thioether (sulfide) groups is 1. The Morgan fingerprint density at radius 1 is 1.38 bits per heavy atom. The molecule has 1 aromatic rings. The number of aliphatic hydroxyl groups is 1. The van der Waals surface area contributed by atoms with Gasteiger partial charge in [-0.15, -0.1) is 11.8 Å². The summed E-state index contributed by atoms with van der Waals surface area (Å²) in [4.78, 5) is 1.16. The van der Waals surface area contributed by atoms with E-state index in [0.29, 0.717) is 17.7 Å². The van der Waals surface area contributed by atoms with Crippen molar-refractivity contribution in [3.05, 3.63) is 23.8 Å². The topological polar surface area (TPSA) is 54.4 Å². The van der Waals surface area contributed by atoms with Crippen LogP contribution >= 0.6 is 11.8 Å². The summed E-state index contributed by atoms with van der Waals surface area (Å²) in [6, 6.07) is 5.45. The minimum Gasteiger partial charge on any atom is -0.396 e. The lowest BCUT2D eigenvalue weighted by Gasteiger charge is -2.08. The summed E-state index contributed by atoms with van der Waals surface area (Å²) in [5, 5.41) is 8.74. The lowest BCUT2D eigenvalue weighted by atomic mass is 10.1. The van der Waals surface area contributed by atoms with E-state index in [1.165, 1.54) is 18.0 Å². The van der Waals surface area contributed by atoms with E-state index in [1.807, 2.05) is 18.4 Å². The van der Waals surface area contributed by atoms with E-state index in [4.69, 9.17) is 5.11 Å². The summed E-state index contributed by atoms with van der Waals surface area (Å²) in [5.41, 5.74) is 0.951. The maximum absolute atomic E-state index is 11.6. The molecule has 0 amide bonds. The molecule has 0 radical (unpaired) electrons. The van der Waals surface area contributed by atoms with Crippen molar-refractivity contribution < 1.29 is 13.5 Å². The second-order valence-corrected chi connectivity index (χ2v) is 6.42. The number of hydrogen-bond acceptors (Lipinski definition) is 4.